The molecular formula is C15H18N2O3. The van der Waals surface area contributed by atoms with E-state index in [4.69, 9.17) is 15.0 Å². The Labute approximate surface area is 117 Å². The lowest BCUT2D eigenvalue weighted by Gasteiger charge is -2.04. The Kier molecular flexibility index (Phi) is 5.34. The summed E-state index contributed by atoms with van der Waals surface area (Å²) < 4.78 is 10.6. The summed E-state index contributed by atoms with van der Waals surface area (Å²) in [6, 6.07) is 12.0. The number of hydrogen-bond acceptors (Lipinski definition) is 4. The Balaban J connectivity index is 1.71. The van der Waals surface area contributed by atoms with Gasteiger partial charge in [0.2, 0.25) is 0 Å². The molecule has 0 aliphatic carbocycles. The van der Waals surface area contributed by atoms with Crippen molar-refractivity contribution in [1.82, 2.24) is 5.43 Å². The van der Waals surface area contributed by atoms with Crippen molar-refractivity contribution in [1.29, 1.82) is 0 Å². The molecule has 2 aromatic rings. The lowest BCUT2D eigenvalue weighted by molar-refractivity contribution is 0.0907. The van der Waals surface area contributed by atoms with E-state index < -0.39 is 5.91 Å². The predicted molar refractivity (Wildman–Crippen MR) is 74.8 cm³/mol. The van der Waals surface area contributed by atoms with Crippen LogP contribution in [0.3, 0.4) is 0 Å². The fourth-order valence-electron chi connectivity index (χ4n) is 1.92. The number of furan rings is 1. The van der Waals surface area contributed by atoms with E-state index in [1.54, 1.807) is 6.07 Å². The largest absolute Gasteiger partial charge is 0.459 e. The first kappa shape index (κ1) is 14.3. The van der Waals surface area contributed by atoms with E-state index in [0.717, 1.165) is 12.8 Å². The molecule has 106 valence electrons. The van der Waals surface area contributed by atoms with Gasteiger partial charge in [-0.3, -0.25) is 10.2 Å². The highest BCUT2D eigenvalue weighted by Gasteiger charge is 2.13. The minimum atomic E-state index is -0.446. The van der Waals surface area contributed by atoms with Crippen LogP contribution < -0.4 is 11.3 Å². The molecule has 0 radical (unpaired) electrons. The molecule has 0 saturated heterocycles. The molecular weight excluding hydrogens is 256 g/mol. The number of amides is 1. The van der Waals surface area contributed by atoms with Gasteiger partial charge in [-0.15, -0.1) is 0 Å². The number of carbonyl (C=O) groups excluding carboxylic acids is 1. The third-order valence-electron chi connectivity index (χ3n) is 2.94. The number of benzene rings is 1. The van der Waals surface area contributed by atoms with Crippen LogP contribution in [0.2, 0.25) is 0 Å². The zero-order valence-corrected chi connectivity index (χ0v) is 11.2. The van der Waals surface area contributed by atoms with Gasteiger partial charge in [0.15, 0.2) is 5.76 Å². The standard InChI is InChI=1S/C15H18N2O3/c16-17-15(18)14-13(8-10-20-14)11-19-9-4-7-12-5-2-1-3-6-12/h1-3,5-6,8,10H,4,7,9,11,16H2,(H,17,18). The van der Waals surface area contributed by atoms with Crippen LogP contribution in [0.5, 0.6) is 0 Å². The van der Waals surface area contributed by atoms with Crippen LogP contribution in [0.25, 0.3) is 0 Å². The predicted octanol–water partition coefficient (Wildman–Crippen LogP) is 2.03. The van der Waals surface area contributed by atoms with E-state index in [1.165, 1.54) is 11.8 Å². The minimum absolute atomic E-state index is 0.204. The molecule has 20 heavy (non-hydrogen) atoms. The van der Waals surface area contributed by atoms with Gasteiger partial charge in [0.25, 0.3) is 0 Å². The number of ether oxygens (including phenoxy) is 1. The fraction of sp³-hybridized carbons (Fsp3) is 0.267. The van der Waals surface area contributed by atoms with E-state index in [9.17, 15) is 4.79 Å². The Bertz CT molecular complexity index is 537. The summed E-state index contributed by atoms with van der Waals surface area (Å²) in [7, 11) is 0. The van der Waals surface area contributed by atoms with Crippen molar-refractivity contribution in [2.45, 2.75) is 19.4 Å². The molecule has 1 aromatic heterocycles. The average Bonchev–Trinajstić information content (AvgIpc) is 2.95. The number of hydrazine groups is 1. The molecule has 1 heterocycles. The van der Waals surface area contributed by atoms with Gasteiger partial charge in [-0.1, -0.05) is 30.3 Å². The molecule has 0 fully saturated rings. The van der Waals surface area contributed by atoms with Crippen molar-refractivity contribution in [3.05, 3.63) is 59.5 Å². The maximum absolute atomic E-state index is 11.4. The van der Waals surface area contributed by atoms with Crippen LogP contribution in [0, 0.1) is 0 Å². The highest BCUT2D eigenvalue weighted by atomic mass is 16.5. The molecule has 0 bridgehead atoms. The summed E-state index contributed by atoms with van der Waals surface area (Å²) in [5, 5.41) is 0. The Morgan fingerprint density at radius 2 is 2.05 bits per heavy atom. The number of carbonyl (C=O) groups is 1. The normalized spacial score (nSPS) is 10.4. The van der Waals surface area contributed by atoms with Crippen molar-refractivity contribution in [3.63, 3.8) is 0 Å². The highest BCUT2D eigenvalue weighted by Crippen LogP contribution is 2.12. The number of rotatable bonds is 7. The van der Waals surface area contributed by atoms with Gasteiger partial charge in [0.1, 0.15) is 0 Å². The highest BCUT2D eigenvalue weighted by molar-refractivity contribution is 5.92. The van der Waals surface area contributed by atoms with E-state index in [0.29, 0.717) is 18.8 Å². The van der Waals surface area contributed by atoms with E-state index in [2.05, 4.69) is 12.1 Å². The third-order valence-corrected chi connectivity index (χ3v) is 2.94. The van der Waals surface area contributed by atoms with Crippen LogP contribution in [0.15, 0.2) is 47.1 Å². The number of nitrogens with two attached hydrogens (primary N) is 1. The number of aryl methyl sites for hydroxylation is 1. The zero-order valence-electron chi connectivity index (χ0n) is 11.2. The summed E-state index contributed by atoms with van der Waals surface area (Å²) in [6.45, 7) is 0.970. The molecule has 0 spiro atoms. The molecule has 0 unspecified atom stereocenters. The second-order valence-electron chi connectivity index (χ2n) is 4.39. The van der Waals surface area contributed by atoms with Crippen molar-refractivity contribution in [2.24, 2.45) is 5.84 Å². The van der Waals surface area contributed by atoms with Crippen molar-refractivity contribution < 1.29 is 13.9 Å². The van der Waals surface area contributed by atoms with Crippen molar-refractivity contribution >= 4 is 5.91 Å². The summed E-state index contributed by atoms with van der Waals surface area (Å²) in [4.78, 5) is 11.4. The quantitative estimate of drug-likeness (QED) is 0.350. The summed E-state index contributed by atoms with van der Waals surface area (Å²) in [5.41, 5.74) is 4.04. The summed E-state index contributed by atoms with van der Waals surface area (Å²) in [6.07, 6.45) is 3.36. The zero-order chi connectivity index (χ0) is 14.2. The molecule has 0 aliphatic heterocycles. The first-order chi connectivity index (χ1) is 9.81. The van der Waals surface area contributed by atoms with E-state index in [1.807, 2.05) is 23.6 Å². The smallest absolute Gasteiger partial charge is 0.301 e. The maximum atomic E-state index is 11.4. The van der Waals surface area contributed by atoms with Gasteiger partial charge < -0.3 is 9.15 Å². The Hall–Kier alpha value is -2.11. The monoisotopic (exact) mass is 274 g/mol. The number of nitrogens with one attached hydrogen (secondary N) is 1. The third kappa shape index (κ3) is 3.94. The molecule has 1 aromatic carbocycles. The second-order valence-corrected chi connectivity index (χ2v) is 4.39. The van der Waals surface area contributed by atoms with Crippen molar-refractivity contribution in [3.8, 4) is 0 Å². The lowest BCUT2D eigenvalue weighted by Crippen LogP contribution is -2.30. The van der Waals surface area contributed by atoms with Crippen LogP contribution in [-0.2, 0) is 17.8 Å². The average molecular weight is 274 g/mol. The SMILES string of the molecule is NNC(=O)c1occc1COCCCc1ccccc1. The van der Waals surface area contributed by atoms with Crippen LogP contribution >= 0.6 is 0 Å². The molecule has 0 saturated carbocycles. The van der Waals surface area contributed by atoms with Gasteiger partial charge in [-0.2, -0.15) is 0 Å². The van der Waals surface area contributed by atoms with Gasteiger partial charge in [-0.25, -0.2) is 5.84 Å². The van der Waals surface area contributed by atoms with Crippen molar-refractivity contribution in [2.75, 3.05) is 6.61 Å². The summed E-state index contributed by atoms with van der Waals surface area (Å²) >= 11 is 0. The number of nitrogen functional groups attached to an aromatic ring is 1. The second kappa shape index (κ2) is 7.47. The molecule has 0 aliphatic rings. The molecule has 1 amide bonds. The number of hydrogen-bond donors (Lipinski definition) is 2. The molecule has 5 heteroatoms. The first-order valence-corrected chi connectivity index (χ1v) is 6.50. The summed E-state index contributed by atoms with van der Waals surface area (Å²) in [5.74, 6) is 4.83. The first-order valence-electron chi connectivity index (χ1n) is 6.50. The molecule has 3 N–H and O–H groups in total. The van der Waals surface area contributed by atoms with Crippen LogP contribution in [-0.4, -0.2) is 12.5 Å². The van der Waals surface area contributed by atoms with Gasteiger partial charge in [0, 0.05) is 12.2 Å². The van der Waals surface area contributed by atoms with E-state index >= 15 is 0 Å². The fourth-order valence-corrected chi connectivity index (χ4v) is 1.92. The maximum Gasteiger partial charge on any atom is 0.301 e. The van der Waals surface area contributed by atoms with Crippen LogP contribution in [0.4, 0.5) is 0 Å². The molecule has 5 nitrogen and oxygen atoms in total. The van der Waals surface area contributed by atoms with Crippen LogP contribution in [0.1, 0.15) is 28.1 Å². The van der Waals surface area contributed by atoms with Gasteiger partial charge in [0.05, 0.1) is 12.9 Å². The van der Waals surface area contributed by atoms with Gasteiger partial charge in [-0.05, 0) is 24.5 Å². The molecule has 2 rings (SSSR count). The van der Waals surface area contributed by atoms with E-state index in [-0.39, 0.29) is 5.76 Å². The topological polar surface area (TPSA) is 77.5 Å². The molecule has 0 atom stereocenters. The lowest BCUT2D eigenvalue weighted by atomic mass is 10.1. The van der Waals surface area contributed by atoms with Gasteiger partial charge >= 0.3 is 5.91 Å². The minimum Gasteiger partial charge on any atom is -0.459 e. The Morgan fingerprint density at radius 3 is 2.80 bits per heavy atom. The Morgan fingerprint density at radius 1 is 1.25 bits per heavy atom.